The largest absolute Gasteiger partial charge is 0.274 e. The van der Waals surface area contributed by atoms with E-state index < -0.39 is 10.0 Å². The van der Waals surface area contributed by atoms with Crippen LogP contribution in [0.2, 0.25) is 0 Å². The van der Waals surface area contributed by atoms with Crippen LogP contribution in [0.1, 0.15) is 33.1 Å². The summed E-state index contributed by atoms with van der Waals surface area (Å²) in [6.07, 6.45) is 3.28. The van der Waals surface area contributed by atoms with Crippen molar-refractivity contribution in [2.75, 3.05) is 6.26 Å². The second kappa shape index (κ2) is 5.21. The van der Waals surface area contributed by atoms with Gasteiger partial charge in [-0.05, 0) is 12.8 Å². The minimum absolute atomic E-state index is 0.181. The maximum Gasteiger partial charge on any atom is 0.236 e. The van der Waals surface area contributed by atoms with Crippen LogP contribution in [0.4, 0.5) is 0 Å². The predicted molar refractivity (Wildman–Crippen MR) is 51.7 cm³/mol. The second-order valence-electron chi connectivity index (χ2n) is 3.13. The van der Waals surface area contributed by atoms with Crippen LogP contribution in [-0.2, 0) is 14.8 Å². The van der Waals surface area contributed by atoms with Gasteiger partial charge < -0.3 is 0 Å². The molecule has 0 rings (SSSR count). The van der Waals surface area contributed by atoms with Gasteiger partial charge in [0.15, 0.2) is 0 Å². The summed E-state index contributed by atoms with van der Waals surface area (Å²) in [5, 5.41) is 0. The molecule has 1 N–H and O–H groups in total. The van der Waals surface area contributed by atoms with E-state index >= 15 is 0 Å². The summed E-state index contributed by atoms with van der Waals surface area (Å²) in [6, 6.07) is 0. The van der Waals surface area contributed by atoms with E-state index in [0.717, 1.165) is 19.1 Å². The van der Waals surface area contributed by atoms with Crippen molar-refractivity contribution in [2.45, 2.75) is 33.1 Å². The van der Waals surface area contributed by atoms with Crippen molar-refractivity contribution in [3.05, 3.63) is 0 Å². The number of carbonyl (C=O) groups excluding carboxylic acids is 1. The van der Waals surface area contributed by atoms with E-state index in [2.05, 4.69) is 0 Å². The molecule has 0 heterocycles. The molecule has 0 saturated carbocycles. The van der Waals surface area contributed by atoms with Crippen molar-refractivity contribution < 1.29 is 13.2 Å². The van der Waals surface area contributed by atoms with E-state index in [1.54, 1.807) is 0 Å². The van der Waals surface area contributed by atoms with Crippen LogP contribution in [0.15, 0.2) is 0 Å². The highest BCUT2D eigenvalue weighted by Crippen LogP contribution is 2.10. The lowest BCUT2D eigenvalue weighted by Gasteiger charge is -2.12. The number of hydrogen-bond donors (Lipinski definition) is 1. The van der Waals surface area contributed by atoms with Crippen molar-refractivity contribution >= 4 is 15.9 Å². The fourth-order valence-electron chi connectivity index (χ4n) is 1.14. The molecular weight excluding hydrogens is 190 g/mol. The average molecular weight is 207 g/mol. The molecule has 0 aliphatic rings. The molecule has 4 nitrogen and oxygen atoms in total. The quantitative estimate of drug-likeness (QED) is 0.728. The third-order valence-corrected chi connectivity index (χ3v) is 2.36. The van der Waals surface area contributed by atoms with Crippen LogP contribution in [0.25, 0.3) is 0 Å². The second-order valence-corrected chi connectivity index (χ2v) is 4.88. The zero-order valence-corrected chi connectivity index (χ0v) is 9.15. The van der Waals surface area contributed by atoms with Gasteiger partial charge in [0.25, 0.3) is 0 Å². The normalized spacial score (nSPS) is 13.8. The number of nitrogens with one attached hydrogen (secondary N) is 1. The van der Waals surface area contributed by atoms with Gasteiger partial charge in [-0.15, -0.1) is 0 Å². The van der Waals surface area contributed by atoms with Gasteiger partial charge in [-0.2, -0.15) is 0 Å². The molecule has 0 aliphatic carbocycles. The maximum atomic E-state index is 11.3. The molecule has 0 radical (unpaired) electrons. The molecule has 1 unspecified atom stereocenters. The van der Waals surface area contributed by atoms with Gasteiger partial charge >= 0.3 is 0 Å². The lowest BCUT2D eigenvalue weighted by molar-refractivity contribution is -0.123. The Morgan fingerprint density at radius 1 is 1.38 bits per heavy atom. The first-order valence-corrected chi connectivity index (χ1v) is 6.31. The molecule has 0 fully saturated rings. The first-order chi connectivity index (χ1) is 5.90. The van der Waals surface area contributed by atoms with E-state index in [1.165, 1.54) is 0 Å². The van der Waals surface area contributed by atoms with Gasteiger partial charge in [0.1, 0.15) is 0 Å². The zero-order chi connectivity index (χ0) is 10.5. The van der Waals surface area contributed by atoms with Crippen LogP contribution in [0.5, 0.6) is 0 Å². The summed E-state index contributed by atoms with van der Waals surface area (Å²) >= 11 is 0. The van der Waals surface area contributed by atoms with Gasteiger partial charge in [0.2, 0.25) is 15.9 Å². The number of carbonyl (C=O) groups is 1. The van der Waals surface area contributed by atoms with Crippen LogP contribution >= 0.6 is 0 Å². The van der Waals surface area contributed by atoms with E-state index in [9.17, 15) is 13.2 Å². The fourth-order valence-corrected chi connectivity index (χ4v) is 1.67. The molecule has 13 heavy (non-hydrogen) atoms. The van der Waals surface area contributed by atoms with Crippen LogP contribution in [0, 0.1) is 5.92 Å². The van der Waals surface area contributed by atoms with Gasteiger partial charge in [0, 0.05) is 5.92 Å². The molecule has 5 heteroatoms. The molecule has 0 spiro atoms. The van der Waals surface area contributed by atoms with E-state index in [-0.39, 0.29) is 11.8 Å². The number of amides is 1. The SMILES string of the molecule is CCCC(CC)C(=O)NS(C)(=O)=O. The van der Waals surface area contributed by atoms with E-state index in [0.29, 0.717) is 6.42 Å². The minimum Gasteiger partial charge on any atom is -0.274 e. The van der Waals surface area contributed by atoms with Crippen molar-refractivity contribution in [2.24, 2.45) is 5.92 Å². The first-order valence-electron chi connectivity index (χ1n) is 4.42. The molecule has 78 valence electrons. The predicted octanol–water partition coefficient (Wildman–Crippen LogP) is 0.889. The maximum absolute atomic E-state index is 11.3. The highest BCUT2D eigenvalue weighted by atomic mass is 32.2. The fraction of sp³-hybridized carbons (Fsp3) is 0.875. The smallest absolute Gasteiger partial charge is 0.236 e. The molecule has 1 atom stereocenters. The molecular formula is C8H17NO3S. The molecule has 0 aromatic heterocycles. The summed E-state index contributed by atoms with van der Waals surface area (Å²) in [5.74, 6) is -0.563. The number of rotatable bonds is 5. The zero-order valence-electron chi connectivity index (χ0n) is 8.33. The van der Waals surface area contributed by atoms with Crippen molar-refractivity contribution in [1.82, 2.24) is 4.72 Å². The molecule has 0 saturated heterocycles. The number of hydrogen-bond acceptors (Lipinski definition) is 3. The summed E-state index contributed by atoms with van der Waals surface area (Å²) in [6.45, 7) is 3.85. The topological polar surface area (TPSA) is 63.2 Å². The molecule has 0 aliphatic heterocycles. The lowest BCUT2D eigenvalue weighted by atomic mass is 10.0. The van der Waals surface area contributed by atoms with Crippen LogP contribution < -0.4 is 4.72 Å². The molecule has 0 aromatic carbocycles. The monoisotopic (exact) mass is 207 g/mol. The summed E-state index contributed by atoms with van der Waals surface area (Å²) in [4.78, 5) is 11.3. The van der Waals surface area contributed by atoms with E-state index in [1.807, 2.05) is 18.6 Å². The van der Waals surface area contributed by atoms with Crippen LogP contribution in [-0.4, -0.2) is 20.6 Å². The Kier molecular flexibility index (Phi) is 4.98. The van der Waals surface area contributed by atoms with Crippen molar-refractivity contribution in [3.63, 3.8) is 0 Å². The highest BCUT2D eigenvalue weighted by Gasteiger charge is 2.18. The van der Waals surface area contributed by atoms with E-state index in [4.69, 9.17) is 0 Å². The van der Waals surface area contributed by atoms with Crippen LogP contribution in [0.3, 0.4) is 0 Å². The van der Waals surface area contributed by atoms with Crippen molar-refractivity contribution in [1.29, 1.82) is 0 Å². The summed E-state index contributed by atoms with van der Waals surface area (Å²) in [5.41, 5.74) is 0. The Morgan fingerprint density at radius 3 is 2.23 bits per heavy atom. The Bertz CT molecular complexity index is 259. The molecule has 1 amide bonds. The third-order valence-electron chi connectivity index (χ3n) is 1.79. The Hall–Kier alpha value is -0.580. The molecule has 0 aromatic rings. The lowest BCUT2D eigenvalue weighted by Crippen LogP contribution is -2.34. The summed E-state index contributed by atoms with van der Waals surface area (Å²) < 4.78 is 23.5. The first kappa shape index (κ1) is 12.4. The Labute approximate surface area is 79.8 Å². The highest BCUT2D eigenvalue weighted by molar-refractivity contribution is 7.89. The number of sulfonamides is 1. The van der Waals surface area contributed by atoms with Crippen molar-refractivity contribution in [3.8, 4) is 0 Å². The third kappa shape index (κ3) is 5.63. The molecule has 0 bridgehead atoms. The van der Waals surface area contributed by atoms with Gasteiger partial charge in [-0.1, -0.05) is 20.3 Å². The van der Waals surface area contributed by atoms with Gasteiger partial charge in [-0.25, -0.2) is 8.42 Å². The van der Waals surface area contributed by atoms with Gasteiger partial charge in [-0.3, -0.25) is 9.52 Å². The minimum atomic E-state index is -3.40. The Morgan fingerprint density at radius 2 is 1.92 bits per heavy atom. The Balaban J connectivity index is 4.22. The summed E-state index contributed by atoms with van der Waals surface area (Å²) in [7, 11) is -3.40. The van der Waals surface area contributed by atoms with Gasteiger partial charge in [0.05, 0.1) is 6.26 Å². The average Bonchev–Trinajstić information content (AvgIpc) is 1.96. The standard InChI is InChI=1S/C8H17NO3S/c1-4-6-7(5-2)8(10)9-13(3,11)12/h7H,4-6H2,1-3H3,(H,9,10).